The highest BCUT2D eigenvalue weighted by Crippen LogP contribution is 2.42. The lowest BCUT2D eigenvalue weighted by Gasteiger charge is -2.27. The number of fused-ring (bicyclic) bond motifs is 5. The van der Waals surface area contributed by atoms with Gasteiger partial charge < -0.3 is 9.47 Å². The lowest BCUT2D eigenvalue weighted by Crippen LogP contribution is -2.10. The van der Waals surface area contributed by atoms with Gasteiger partial charge in [-0.2, -0.15) is 0 Å². The Hall–Kier alpha value is -7.68. The first-order valence-electron chi connectivity index (χ1n) is 19.9. The molecule has 0 unspecified atom stereocenters. The maximum atomic E-state index is 2.41. The highest BCUT2D eigenvalue weighted by Gasteiger charge is 2.18. The molecule has 1 heterocycles. The smallest absolute Gasteiger partial charge is 0.0542 e. The van der Waals surface area contributed by atoms with E-state index in [1.54, 1.807) is 0 Å². The van der Waals surface area contributed by atoms with E-state index in [-0.39, 0.29) is 0 Å². The second-order valence-corrected chi connectivity index (χ2v) is 15.0. The molecule has 0 N–H and O–H groups in total. The lowest BCUT2D eigenvalue weighted by atomic mass is 9.96. The number of anilines is 3. The Morgan fingerprint density at radius 3 is 1.43 bits per heavy atom. The molecular weight excluding hydrogens is 701 g/mol. The van der Waals surface area contributed by atoms with Gasteiger partial charge in [0.2, 0.25) is 0 Å². The van der Waals surface area contributed by atoms with Crippen molar-refractivity contribution in [1.29, 1.82) is 0 Å². The van der Waals surface area contributed by atoms with E-state index < -0.39 is 0 Å². The maximum absolute atomic E-state index is 2.41. The third-order valence-electron chi connectivity index (χ3n) is 11.5. The molecule has 0 fully saturated rings. The van der Waals surface area contributed by atoms with Crippen LogP contribution >= 0.6 is 0 Å². The molecule has 1 aromatic heterocycles. The van der Waals surface area contributed by atoms with Gasteiger partial charge in [-0.25, -0.2) is 0 Å². The maximum Gasteiger partial charge on any atom is 0.0542 e. The van der Waals surface area contributed by atoms with Gasteiger partial charge in [-0.3, -0.25) is 0 Å². The molecule has 10 aromatic carbocycles. The highest BCUT2D eigenvalue weighted by molar-refractivity contribution is 6.10. The van der Waals surface area contributed by atoms with Crippen LogP contribution in [0.15, 0.2) is 231 Å². The quantitative estimate of drug-likeness (QED) is 0.158. The molecule has 2 heteroatoms. The van der Waals surface area contributed by atoms with Crippen LogP contribution in [0.5, 0.6) is 0 Å². The largest absolute Gasteiger partial charge is 0.310 e. The van der Waals surface area contributed by atoms with Crippen molar-refractivity contribution < 1.29 is 0 Å². The Kier molecular flexibility index (Phi) is 8.19. The highest BCUT2D eigenvalue weighted by atomic mass is 15.1. The first kappa shape index (κ1) is 33.6. The Morgan fingerprint density at radius 2 is 0.741 bits per heavy atom. The van der Waals surface area contributed by atoms with E-state index in [1.807, 2.05) is 0 Å². The number of nitrogens with zero attached hydrogens (tertiary/aromatic N) is 2. The van der Waals surface area contributed by atoms with Gasteiger partial charge in [0.15, 0.2) is 0 Å². The van der Waals surface area contributed by atoms with Crippen molar-refractivity contribution in [1.82, 2.24) is 4.57 Å². The van der Waals surface area contributed by atoms with Crippen molar-refractivity contribution in [3.05, 3.63) is 231 Å². The summed E-state index contributed by atoms with van der Waals surface area (Å²) in [7, 11) is 0. The van der Waals surface area contributed by atoms with Crippen LogP contribution in [0.1, 0.15) is 0 Å². The molecule has 0 aliphatic heterocycles. The minimum Gasteiger partial charge on any atom is -0.310 e. The van der Waals surface area contributed by atoms with Crippen molar-refractivity contribution in [2.75, 3.05) is 4.90 Å². The Morgan fingerprint density at radius 1 is 0.259 bits per heavy atom. The third-order valence-corrected chi connectivity index (χ3v) is 11.5. The van der Waals surface area contributed by atoms with Crippen LogP contribution in [0.3, 0.4) is 0 Å². The van der Waals surface area contributed by atoms with Gasteiger partial charge in [0.1, 0.15) is 0 Å². The molecule has 272 valence electrons. The summed E-state index contributed by atoms with van der Waals surface area (Å²) in [6, 6.07) is 83.8. The molecule has 0 radical (unpaired) electrons. The van der Waals surface area contributed by atoms with Gasteiger partial charge in [-0.05, 0) is 134 Å². The van der Waals surface area contributed by atoms with E-state index in [9.17, 15) is 0 Å². The van der Waals surface area contributed by atoms with Gasteiger partial charge in [-0.15, -0.1) is 0 Å². The van der Waals surface area contributed by atoms with Crippen molar-refractivity contribution in [2.24, 2.45) is 0 Å². The topological polar surface area (TPSA) is 8.17 Å². The van der Waals surface area contributed by atoms with Crippen LogP contribution in [0, 0.1) is 0 Å². The Balaban J connectivity index is 1.05. The molecule has 0 saturated carbocycles. The lowest BCUT2D eigenvalue weighted by molar-refractivity contribution is 1.18. The summed E-state index contributed by atoms with van der Waals surface area (Å²) in [5.41, 5.74) is 14.0. The summed E-state index contributed by atoms with van der Waals surface area (Å²) >= 11 is 0. The molecule has 58 heavy (non-hydrogen) atoms. The van der Waals surface area contributed by atoms with Gasteiger partial charge in [0.05, 0.1) is 11.0 Å². The van der Waals surface area contributed by atoms with Crippen LogP contribution < -0.4 is 4.90 Å². The number of para-hydroxylation sites is 2. The predicted molar refractivity (Wildman–Crippen MR) is 247 cm³/mol. The normalized spacial score (nSPS) is 11.4. The van der Waals surface area contributed by atoms with E-state index in [1.165, 1.54) is 76.7 Å². The van der Waals surface area contributed by atoms with Crippen molar-refractivity contribution in [3.8, 4) is 39.1 Å². The standard InChI is InChI=1S/C56H38N2/c1-3-13-39(14-4-1)43-17-11-21-50(36-43)57(52-31-32-56-54(38-52)53-23-9-10-24-55(53)58(56)49-19-5-2-6-20-49)51-22-12-18-44(37-51)46-29-26-41-27-30-47(35-48(41)34-46)45-28-25-40-15-7-8-16-42(40)33-45/h1-38H. The fourth-order valence-corrected chi connectivity index (χ4v) is 8.66. The van der Waals surface area contributed by atoms with Crippen LogP contribution in [0.25, 0.3) is 82.4 Å². The fraction of sp³-hybridized carbons (Fsp3) is 0. The first-order valence-corrected chi connectivity index (χ1v) is 19.9. The van der Waals surface area contributed by atoms with Crippen LogP contribution in [-0.4, -0.2) is 4.57 Å². The van der Waals surface area contributed by atoms with Gasteiger partial charge in [0.25, 0.3) is 0 Å². The molecule has 2 nitrogen and oxygen atoms in total. The van der Waals surface area contributed by atoms with E-state index >= 15 is 0 Å². The summed E-state index contributed by atoms with van der Waals surface area (Å²) in [6.45, 7) is 0. The summed E-state index contributed by atoms with van der Waals surface area (Å²) in [5.74, 6) is 0. The second kappa shape index (κ2) is 14.1. The molecule has 0 bridgehead atoms. The number of aromatic nitrogens is 1. The SMILES string of the molecule is c1ccc(-c2cccc(N(c3cccc(-c4ccc5ccc(-c6ccc7ccccc7c6)cc5c4)c3)c3ccc4c(c3)c3ccccc3n4-c3ccccc3)c2)cc1. The molecule has 0 atom stereocenters. The average Bonchev–Trinajstić information content (AvgIpc) is 3.63. The minimum absolute atomic E-state index is 1.10. The predicted octanol–water partition coefficient (Wildman–Crippen LogP) is 15.6. The zero-order chi connectivity index (χ0) is 38.4. The number of hydrogen-bond donors (Lipinski definition) is 0. The summed E-state index contributed by atoms with van der Waals surface area (Å²) < 4.78 is 2.38. The first-order chi connectivity index (χ1) is 28.7. The Labute approximate surface area is 338 Å². The fourth-order valence-electron chi connectivity index (χ4n) is 8.66. The van der Waals surface area contributed by atoms with E-state index in [0.717, 1.165) is 22.7 Å². The number of hydrogen-bond acceptors (Lipinski definition) is 1. The molecule has 0 aliphatic carbocycles. The van der Waals surface area contributed by atoms with Crippen molar-refractivity contribution in [3.63, 3.8) is 0 Å². The van der Waals surface area contributed by atoms with E-state index in [0.29, 0.717) is 0 Å². The summed E-state index contributed by atoms with van der Waals surface area (Å²) in [4.78, 5) is 2.41. The average molecular weight is 739 g/mol. The molecule has 11 aromatic rings. The molecule has 11 rings (SSSR count). The van der Waals surface area contributed by atoms with Crippen molar-refractivity contribution in [2.45, 2.75) is 0 Å². The van der Waals surface area contributed by atoms with Gasteiger partial charge in [0, 0.05) is 33.5 Å². The number of rotatable bonds is 7. The van der Waals surface area contributed by atoms with Crippen LogP contribution in [-0.2, 0) is 0 Å². The van der Waals surface area contributed by atoms with Crippen LogP contribution in [0.4, 0.5) is 17.1 Å². The molecule has 0 spiro atoms. The van der Waals surface area contributed by atoms with Crippen molar-refractivity contribution >= 4 is 60.4 Å². The molecule has 0 saturated heterocycles. The molecular formula is C56H38N2. The number of benzene rings is 10. The van der Waals surface area contributed by atoms with Gasteiger partial charge in [-0.1, -0.05) is 152 Å². The second-order valence-electron chi connectivity index (χ2n) is 15.0. The van der Waals surface area contributed by atoms with E-state index in [2.05, 4.69) is 240 Å². The minimum atomic E-state index is 1.10. The van der Waals surface area contributed by atoms with Gasteiger partial charge >= 0.3 is 0 Å². The molecule has 0 amide bonds. The zero-order valence-electron chi connectivity index (χ0n) is 31.8. The van der Waals surface area contributed by atoms with Crippen LogP contribution in [0.2, 0.25) is 0 Å². The summed E-state index contributed by atoms with van der Waals surface area (Å²) in [6.07, 6.45) is 0. The molecule has 0 aliphatic rings. The third kappa shape index (κ3) is 6.00. The Bertz CT molecular complexity index is 3290. The van der Waals surface area contributed by atoms with E-state index in [4.69, 9.17) is 0 Å². The zero-order valence-corrected chi connectivity index (χ0v) is 31.8. The monoisotopic (exact) mass is 738 g/mol. The summed E-state index contributed by atoms with van der Waals surface area (Å²) in [5, 5.41) is 7.41.